The Hall–Kier alpha value is -11.0. The SMILES string of the molecule is C#Cc1c(N2CCC(C)(OC)CC2)c2cc(Br)cc(F)c2[nH]c1=O.C#Cc1c(N2CCC(C)(OC)CC2)c2cc(CC)c(F)cc2[nH]c1=O.C#Cc1c(N2CCC(C)(OC)CC2)c2cc(CC)cc(F)c2[nH]c1=O.C#Cc1c(N2CCC(C)(OC)CC2)c2cc([C@H]3C[C@@H]3C)ccc2[nH]c1=O.C#Cc1c(N2CCC(C)(OC)CC2)c2cc([C@H]3C[C@H]3C)ccc2[nH]c1=O. The van der Waals surface area contributed by atoms with E-state index in [2.05, 4.69) is 168 Å². The Morgan fingerprint density at radius 1 is 0.373 bits per heavy atom. The number of benzene rings is 5. The van der Waals surface area contributed by atoms with Crippen LogP contribution in [0.4, 0.5) is 41.6 Å². The number of nitrogens with zero attached hydrogens (tertiary/aromatic N) is 5. The number of aromatic nitrogens is 5. The summed E-state index contributed by atoms with van der Waals surface area (Å²) in [7, 11) is 8.69. The second-order valence-electron chi connectivity index (χ2n) is 36.1. The number of hydrogen-bond acceptors (Lipinski definition) is 15. The molecule has 17 rings (SSSR count). The summed E-state index contributed by atoms with van der Waals surface area (Å²) < 4.78 is 71.7. The van der Waals surface area contributed by atoms with E-state index in [0.717, 1.165) is 165 Å². The zero-order chi connectivity index (χ0) is 90.8. The lowest BCUT2D eigenvalue weighted by Gasteiger charge is -2.40. The van der Waals surface area contributed by atoms with Crippen molar-refractivity contribution in [2.75, 3.05) is 125 Å². The van der Waals surface area contributed by atoms with Gasteiger partial charge in [-0.05, 0) is 231 Å². The van der Waals surface area contributed by atoms with Gasteiger partial charge in [-0.25, -0.2) is 13.2 Å². The van der Waals surface area contributed by atoms with E-state index in [1.165, 1.54) is 42.2 Å². The molecule has 5 aromatic heterocycles. The summed E-state index contributed by atoms with van der Waals surface area (Å²) in [6.07, 6.45) is 40.7. The van der Waals surface area contributed by atoms with E-state index in [1.54, 1.807) is 47.7 Å². The summed E-state index contributed by atoms with van der Waals surface area (Å²) in [4.78, 5) is 86.9. The lowest BCUT2D eigenvalue weighted by atomic mass is 9.92. The van der Waals surface area contributed by atoms with Crippen LogP contribution in [0, 0.1) is 91.0 Å². The average molecular weight is 1780 g/mol. The monoisotopic (exact) mass is 1780 g/mol. The third kappa shape index (κ3) is 19.2. The highest BCUT2D eigenvalue weighted by Crippen LogP contribution is 2.50. The molecule has 5 N–H and O–H groups in total. The van der Waals surface area contributed by atoms with Gasteiger partial charge in [0.2, 0.25) is 0 Å². The van der Waals surface area contributed by atoms with Crippen LogP contribution in [0.3, 0.4) is 0 Å². The normalized spacial score (nSPS) is 20.0. The molecule has 5 aromatic carbocycles. The van der Waals surface area contributed by atoms with Gasteiger partial charge in [-0.15, -0.1) is 32.1 Å². The first-order chi connectivity index (χ1) is 60.1. The molecular weight excluding hydrogens is 1660 g/mol. The minimum Gasteiger partial charge on any atom is -0.378 e. The Labute approximate surface area is 743 Å². The molecule has 0 unspecified atom stereocenters. The van der Waals surface area contributed by atoms with E-state index in [-0.39, 0.29) is 72.7 Å². The minimum atomic E-state index is -0.486. The van der Waals surface area contributed by atoms with Gasteiger partial charge in [0.15, 0.2) is 0 Å². The van der Waals surface area contributed by atoms with Crippen LogP contribution in [0.25, 0.3) is 54.5 Å². The number of methoxy groups -OCH3 is 5. The number of piperidine rings is 5. The van der Waals surface area contributed by atoms with Gasteiger partial charge in [0.05, 0.1) is 84.0 Å². The number of fused-ring (bicyclic) bond motifs is 5. The molecule has 0 radical (unpaired) electrons. The maximum atomic E-state index is 14.5. The van der Waals surface area contributed by atoms with E-state index < -0.39 is 22.8 Å². The van der Waals surface area contributed by atoms with Crippen LogP contribution in [-0.4, -0.2) is 154 Å². The fourth-order valence-electron chi connectivity index (χ4n) is 18.5. The molecular formula is C102H116BrF3N10O10. The predicted octanol–water partition coefficient (Wildman–Crippen LogP) is 17.1. The molecule has 10 heterocycles. The minimum absolute atomic E-state index is 0.0988. The van der Waals surface area contributed by atoms with Crippen LogP contribution in [0.15, 0.2) is 101 Å². The molecule has 7 fully saturated rings. The van der Waals surface area contributed by atoms with Crippen LogP contribution in [-0.2, 0) is 36.5 Å². The summed E-state index contributed by atoms with van der Waals surface area (Å²) in [6.45, 7) is 26.6. The van der Waals surface area contributed by atoms with Crippen molar-refractivity contribution in [3.8, 4) is 61.7 Å². The lowest BCUT2D eigenvalue weighted by molar-refractivity contribution is -0.0134. The van der Waals surface area contributed by atoms with Gasteiger partial charge in [0.25, 0.3) is 27.8 Å². The van der Waals surface area contributed by atoms with Crippen LogP contribution >= 0.6 is 15.9 Å². The summed E-state index contributed by atoms with van der Waals surface area (Å²) in [5.41, 5.74) is 10.0. The van der Waals surface area contributed by atoms with Crippen molar-refractivity contribution in [1.82, 2.24) is 24.9 Å². The van der Waals surface area contributed by atoms with Gasteiger partial charge in [-0.3, -0.25) is 24.0 Å². The third-order valence-corrected chi connectivity index (χ3v) is 28.5. The first-order valence-electron chi connectivity index (χ1n) is 43.7. The van der Waals surface area contributed by atoms with E-state index in [9.17, 15) is 37.1 Å². The quantitative estimate of drug-likeness (QED) is 0.0638. The van der Waals surface area contributed by atoms with E-state index in [1.807, 2.05) is 32.0 Å². The van der Waals surface area contributed by atoms with Crippen LogP contribution < -0.4 is 52.3 Å². The summed E-state index contributed by atoms with van der Waals surface area (Å²) >= 11 is 3.31. The van der Waals surface area contributed by atoms with Crippen LogP contribution in [0.2, 0.25) is 0 Å². The van der Waals surface area contributed by atoms with Gasteiger partial charge < -0.3 is 73.1 Å². The molecule has 2 saturated carbocycles. The molecule has 5 aliphatic heterocycles. The number of hydrogen-bond donors (Lipinski definition) is 5. The number of aromatic amines is 5. The first-order valence-corrected chi connectivity index (χ1v) is 44.5. The van der Waals surface area contributed by atoms with Crippen LogP contribution in [0.5, 0.6) is 0 Å². The third-order valence-electron chi connectivity index (χ3n) is 28.0. The van der Waals surface area contributed by atoms with Gasteiger partial charge >= 0.3 is 0 Å². The molecule has 24 heteroatoms. The molecule has 7 aliphatic rings. The number of pyridine rings is 5. The average Bonchev–Trinajstić information content (AvgIpc) is 1.46. The molecule has 20 nitrogen and oxygen atoms in total. The van der Waals surface area contributed by atoms with Crippen molar-refractivity contribution in [2.24, 2.45) is 11.8 Å². The number of anilines is 5. The number of terminal acetylenes is 5. The summed E-state index contributed by atoms with van der Waals surface area (Å²) in [6, 6.07) is 22.5. The predicted molar refractivity (Wildman–Crippen MR) is 506 cm³/mol. The Morgan fingerprint density at radius 3 is 0.937 bits per heavy atom. The Bertz CT molecular complexity index is 6210. The summed E-state index contributed by atoms with van der Waals surface area (Å²) in [5, 5.41) is 4.21. The van der Waals surface area contributed by atoms with Gasteiger partial charge in [0, 0.05) is 132 Å². The zero-order valence-electron chi connectivity index (χ0n) is 74.9. The molecule has 10 aromatic rings. The van der Waals surface area contributed by atoms with E-state index in [4.69, 9.17) is 55.8 Å². The standard InChI is InChI=1S/2C22H26N2O2.2C20H23FN2O2.C18H18BrFN2O2/c2*1-5-16-20(24-10-8-22(3,26-4)9-11-24)18-13-15(17-12-14(17)2)6-7-19(18)23-21(16)25;1-5-13-11-15-17(12-16(13)21)22-19(24)14(6-2)18(15)23-9-7-20(3,25-4)8-10-23;1-5-13-11-15-17(16(21)12-13)22-19(24)14(6-2)18(15)23-9-7-20(3,25-4)8-10-23;1-4-12-16(22-7-5-18(2,24-3)6-8-22)13-9-11(19)10-14(20)15(13)21-17(12)23/h2*1,6-7,13-14,17H,8-12H2,2-4H3,(H,23,25);2*2,11-12H,5,7-10H2,1,3-4H3,(H,22,24);1,9-10H,5-8H2,2-3H3,(H,21,23)/t14-,17+;14-,17-;;;/m10.../s1. The Balaban J connectivity index is 0.000000135. The second kappa shape index (κ2) is 37.9. The lowest BCUT2D eigenvalue weighted by Crippen LogP contribution is -2.44. The van der Waals surface area contributed by atoms with Gasteiger partial charge in [-0.1, -0.05) is 85.4 Å². The number of rotatable bonds is 14. The molecule has 0 bridgehead atoms. The largest absolute Gasteiger partial charge is 0.378 e. The molecule has 662 valence electrons. The topological polar surface area (TPSA) is 227 Å². The fourth-order valence-corrected chi connectivity index (χ4v) is 18.9. The first kappa shape index (κ1) is 92.7. The highest BCUT2D eigenvalue weighted by Gasteiger charge is 2.40. The number of aryl methyl sites for hydroxylation is 2. The number of halogens is 4. The highest BCUT2D eigenvalue weighted by atomic mass is 79.9. The number of ether oxygens (including phenoxy) is 5. The number of nitrogens with one attached hydrogen (secondary N) is 5. The molecule has 4 atom stereocenters. The Kier molecular flexibility index (Phi) is 27.9. The number of H-pyrrole nitrogens is 5. The van der Waals surface area contributed by atoms with E-state index >= 15 is 0 Å². The van der Waals surface area contributed by atoms with Crippen molar-refractivity contribution in [2.45, 2.75) is 192 Å². The molecule has 126 heavy (non-hydrogen) atoms. The molecule has 5 saturated heterocycles. The Morgan fingerprint density at radius 2 is 0.651 bits per heavy atom. The highest BCUT2D eigenvalue weighted by molar-refractivity contribution is 9.10. The van der Waals surface area contributed by atoms with Crippen molar-refractivity contribution in [1.29, 1.82) is 0 Å². The maximum Gasteiger partial charge on any atom is 0.266 e. The maximum absolute atomic E-state index is 14.5. The van der Waals surface area contributed by atoms with E-state index in [0.29, 0.717) is 105 Å². The van der Waals surface area contributed by atoms with Crippen molar-refractivity contribution in [3.63, 3.8) is 0 Å². The van der Waals surface area contributed by atoms with Crippen LogP contribution in [0.1, 0.15) is 201 Å². The zero-order valence-corrected chi connectivity index (χ0v) is 76.5. The van der Waals surface area contributed by atoms with Crippen molar-refractivity contribution in [3.05, 3.63) is 197 Å². The molecule has 2 aliphatic carbocycles. The summed E-state index contributed by atoms with van der Waals surface area (Å²) in [5.74, 6) is 14.3. The fraction of sp³-hybridized carbons (Fsp3) is 0.461. The van der Waals surface area contributed by atoms with Gasteiger partial charge in [-0.2, -0.15) is 0 Å². The van der Waals surface area contributed by atoms with Crippen molar-refractivity contribution < 1.29 is 36.9 Å². The molecule has 0 amide bonds. The second-order valence-corrected chi connectivity index (χ2v) is 37.0. The van der Waals surface area contributed by atoms with Gasteiger partial charge in [0.1, 0.15) is 45.3 Å². The van der Waals surface area contributed by atoms with Crippen molar-refractivity contribution >= 4 is 98.9 Å². The molecule has 0 spiro atoms. The smallest absolute Gasteiger partial charge is 0.266 e.